The van der Waals surface area contributed by atoms with E-state index in [1.54, 1.807) is 25.4 Å². The number of aryl methyl sites for hydroxylation is 1. The summed E-state index contributed by atoms with van der Waals surface area (Å²) in [5.74, 6) is -0.747. The van der Waals surface area contributed by atoms with Gasteiger partial charge in [-0.25, -0.2) is 9.78 Å². The van der Waals surface area contributed by atoms with E-state index in [-0.39, 0.29) is 35.9 Å². The van der Waals surface area contributed by atoms with Crippen LogP contribution in [0.2, 0.25) is 0 Å². The number of carbonyl (C=O) groups excluding carboxylic acids is 1. The summed E-state index contributed by atoms with van der Waals surface area (Å²) >= 11 is 1.36. The van der Waals surface area contributed by atoms with Crippen molar-refractivity contribution >= 4 is 33.4 Å². The Morgan fingerprint density at radius 2 is 2.20 bits per heavy atom. The molecule has 9 heteroatoms. The lowest BCUT2D eigenvalue weighted by Gasteiger charge is -2.16. The number of hydrogen-bond donors (Lipinski definition) is 1. The quantitative estimate of drug-likeness (QED) is 0.742. The highest BCUT2D eigenvalue weighted by Gasteiger charge is 2.18. The number of thiophene rings is 1. The lowest BCUT2D eigenvalue weighted by molar-refractivity contribution is -0.131. The smallest absolute Gasteiger partial charge is 0.339 e. The third-order valence-corrected chi connectivity index (χ3v) is 4.59. The number of fused-ring (bicyclic) bond motifs is 1. The summed E-state index contributed by atoms with van der Waals surface area (Å²) in [5.41, 5.74) is -0.200. The molecule has 0 radical (unpaired) electrons. The van der Waals surface area contributed by atoms with Crippen LogP contribution in [0.25, 0.3) is 10.2 Å². The minimum atomic E-state index is -1.08. The van der Waals surface area contributed by atoms with Crippen LogP contribution in [0.1, 0.15) is 21.9 Å². The maximum Gasteiger partial charge on any atom is 0.339 e. The van der Waals surface area contributed by atoms with Gasteiger partial charge in [-0.3, -0.25) is 14.2 Å². The zero-order valence-corrected chi connectivity index (χ0v) is 14.4. The Morgan fingerprint density at radius 1 is 1.44 bits per heavy atom. The Bertz CT molecular complexity index is 1020. The van der Waals surface area contributed by atoms with E-state index >= 15 is 0 Å². The number of amides is 1. The van der Waals surface area contributed by atoms with Crippen LogP contribution in [0.4, 0.5) is 0 Å². The Balaban J connectivity index is 1.74. The van der Waals surface area contributed by atoms with Crippen LogP contribution in [0, 0.1) is 6.92 Å². The SMILES string of the molecule is Cc1oc(CN(C)C(=O)Cn2cnc3sccc3c2=O)cc1C(=O)O. The maximum absolute atomic E-state index is 12.4. The molecular formula is C16H15N3O5S. The fraction of sp³-hybridized carbons (Fsp3) is 0.250. The Hall–Kier alpha value is -2.94. The maximum atomic E-state index is 12.4. The van der Waals surface area contributed by atoms with Crippen molar-refractivity contribution in [1.82, 2.24) is 14.5 Å². The first kappa shape index (κ1) is 16.9. The third kappa shape index (κ3) is 3.31. The first-order chi connectivity index (χ1) is 11.9. The summed E-state index contributed by atoms with van der Waals surface area (Å²) in [6.07, 6.45) is 1.35. The molecule has 130 valence electrons. The van der Waals surface area contributed by atoms with Crippen molar-refractivity contribution in [2.45, 2.75) is 20.0 Å². The first-order valence-corrected chi connectivity index (χ1v) is 8.24. The van der Waals surface area contributed by atoms with E-state index in [1.165, 1.54) is 33.2 Å². The van der Waals surface area contributed by atoms with E-state index in [2.05, 4.69) is 4.98 Å². The van der Waals surface area contributed by atoms with Crippen LogP contribution in [0.15, 0.2) is 33.1 Å². The number of aromatic carboxylic acids is 1. The van der Waals surface area contributed by atoms with E-state index in [1.807, 2.05) is 0 Å². The normalized spacial score (nSPS) is 11.0. The molecule has 0 aliphatic rings. The summed E-state index contributed by atoms with van der Waals surface area (Å²) < 4.78 is 6.62. The van der Waals surface area contributed by atoms with Gasteiger partial charge in [0, 0.05) is 7.05 Å². The number of aromatic nitrogens is 2. The second-order valence-corrected chi connectivity index (χ2v) is 6.45. The van der Waals surface area contributed by atoms with Gasteiger partial charge in [-0.1, -0.05) is 0 Å². The predicted molar refractivity (Wildman–Crippen MR) is 90.8 cm³/mol. The molecule has 3 aromatic rings. The number of carboxylic acid groups (broad SMARTS) is 1. The van der Waals surface area contributed by atoms with E-state index < -0.39 is 5.97 Å². The average Bonchev–Trinajstić information content (AvgIpc) is 3.16. The zero-order valence-electron chi connectivity index (χ0n) is 13.6. The predicted octanol–water partition coefficient (Wildman–Crippen LogP) is 1.72. The van der Waals surface area contributed by atoms with E-state index in [4.69, 9.17) is 9.52 Å². The molecule has 3 heterocycles. The number of rotatable bonds is 5. The molecule has 25 heavy (non-hydrogen) atoms. The van der Waals surface area contributed by atoms with Gasteiger partial charge in [-0.05, 0) is 24.4 Å². The number of furan rings is 1. The van der Waals surface area contributed by atoms with Gasteiger partial charge in [-0.2, -0.15) is 0 Å². The molecule has 8 nitrogen and oxygen atoms in total. The largest absolute Gasteiger partial charge is 0.478 e. The van der Waals surface area contributed by atoms with Crippen LogP contribution >= 0.6 is 11.3 Å². The van der Waals surface area contributed by atoms with Crippen LogP contribution in [0.5, 0.6) is 0 Å². The summed E-state index contributed by atoms with van der Waals surface area (Å²) in [4.78, 5) is 41.9. The van der Waals surface area contributed by atoms with Gasteiger partial charge in [0.2, 0.25) is 5.91 Å². The van der Waals surface area contributed by atoms with Crippen molar-refractivity contribution in [2.24, 2.45) is 0 Å². The van der Waals surface area contributed by atoms with Crippen molar-refractivity contribution in [3.8, 4) is 0 Å². The molecule has 0 spiro atoms. The summed E-state index contributed by atoms with van der Waals surface area (Å²) in [6.45, 7) is 1.51. The first-order valence-electron chi connectivity index (χ1n) is 7.36. The highest BCUT2D eigenvalue weighted by atomic mass is 32.1. The molecule has 0 bridgehead atoms. The molecule has 0 unspecified atom stereocenters. The van der Waals surface area contributed by atoms with Gasteiger partial charge in [0.25, 0.3) is 5.56 Å². The van der Waals surface area contributed by atoms with Gasteiger partial charge in [0.15, 0.2) is 0 Å². The summed E-state index contributed by atoms with van der Waals surface area (Å²) in [6, 6.07) is 3.08. The molecule has 1 N–H and O–H groups in total. The number of likely N-dealkylation sites (N-methyl/N-ethyl adjacent to an activating group) is 1. The van der Waals surface area contributed by atoms with Crippen LogP contribution < -0.4 is 5.56 Å². The lowest BCUT2D eigenvalue weighted by atomic mass is 10.2. The fourth-order valence-corrected chi connectivity index (χ4v) is 3.15. The molecule has 0 aliphatic carbocycles. The number of carbonyl (C=O) groups is 2. The minimum Gasteiger partial charge on any atom is -0.478 e. The topological polar surface area (TPSA) is 106 Å². The van der Waals surface area contributed by atoms with Gasteiger partial charge < -0.3 is 14.4 Å². The molecule has 1 amide bonds. The molecule has 3 rings (SSSR count). The number of hydrogen-bond acceptors (Lipinski definition) is 6. The van der Waals surface area contributed by atoms with Gasteiger partial charge in [0.1, 0.15) is 28.5 Å². The number of carboxylic acids is 1. The number of nitrogens with zero attached hydrogens (tertiary/aromatic N) is 3. The Morgan fingerprint density at radius 3 is 2.88 bits per heavy atom. The van der Waals surface area contributed by atoms with Gasteiger partial charge >= 0.3 is 5.97 Å². The highest BCUT2D eigenvalue weighted by molar-refractivity contribution is 7.16. The monoisotopic (exact) mass is 361 g/mol. The van der Waals surface area contributed by atoms with Crippen LogP contribution in [-0.2, 0) is 17.9 Å². The summed E-state index contributed by atoms with van der Waals surface area (Å²) in [5, 5.41) is 11.3. The molecule has 3 aromatic heterocycles. The van der Waals surface area contributed by atoms with Gasteiger partial charge in [-0.15, -0.1) is 11.3 Å². The summed E-state index contributed by atoms with van der Waals surface area (Å²) in [7, 11) is 1.56. The molecule has 0 fully saturated rings. The van der Waals surface area contributed by atoms with E-state index in [0.717, 1.165) is 0 Å². The molecule has 0 saturated heterocycles. The average molecular weight is 361 g/mol. The van der Waals surface area contributed by atoms with Crippen molar-refractivity contribution in [2.75, 3.05) is 7.05 Å². The van der Waals surface area contributed by atoms with Crippen molar-refractivity contribution < 1.29 is 19.1 Å². The lowest BCUT2D eigenvalue weighted by Crippen LogP contribution is -2.33. The Labute approximate surface area is 145 Å². The molecule has 0 aromatic carbocycles. The minimum absolute atomic E-state index is 0.0687. The molecule has 0 aliphatic heterocycles. The Kier molecular flexibility index (Phi) is 4.41. The van der Waals surface area contributed by atoms with Crippen LogP contribution in [-0.4, -0.2) is 38.5 Å². The standard InChI is InChI=1S/C16H15N3O5S/c1-9-12(16(22)23)5-10(24-9)6-18(2)13(20)7-19-8-17-14-11(15(19)21)3-4-25-14/h3-5,8H,6-7H2,1-2H3,(H,22,23). The van der Waals surface area contributed by atoms with Crippen molar-refractivity contribution in [1.29, 1.82) is 0 Å². The third-order valence-electron chi connectivity index (χ3n) is 3.77. The fourth-order valence-electron chi connectivity index (χ4n) is 2.43. The van der Waals surface area contributed by atoms with Gasteiger partial charge in [0.05, 0.1) is 18.3 Å². The molecular weight excluding hydrogens is 346 g/mol. The van der Waals surface area contributed by atoms with E-state index in [0.29, 0.717) is 16.0 Å². The second-order valence-electron chi connectivity index (χ2n) is 5.55. The van der Waals surface area contributed by atoms with Crippen molar-refractivity contribution in [3.05, 3.63) is 51.3 Å². The molecule has 0 atom stereocenters. The highest BCUT2D eigenvalue weighted by Crippen LogP contribution is 2.16. The van der Waals surface area contributed by atoms with Crippen molar-refractivity contribution in [3.63, 3.8) is 0 Å². The second kappa shape index (κ2) is 6.52. The van der Waals surface area contributed by atoms with Crippen LogP contribution in [0.3, 0.4) is 0 Å². The zero-order chi connectivity index (χ0) is 18.1. The van der Waals surface area contributed by atoms with E-state index in [9.17, 15) is 14.4 Å². The molecule has 0 saturated carbocycles.